The molecule has 1 fully saturated rings. The summed E-state index contributed by atoms with van der Waals surface area (Å²) in [6, 6.07) is 55.1. The van der Waals surface area contributed by atoms with Gasteiger partial charge in [0.25, 0.3) is 0 Å². The largest absolute Gasteiger partial charge is 0.497 e. The quantitative estimate of drug-likeness (QED) is 0.113. The molecular formula is C56H50N2O6S2. The smallest absolute Gasteiger partial charge is 0.193 e. The van der Waals surface area contributed by atoms with Crippen molar-refractivity contribution in [3.05, 3.63) is 179 Å². The van der Waals surface area contributed by atoms with E-state index in [1.54, 1.807) is 51.1 Å². The van der Waals surface area contributed by atoms with E-state index >= 15 is 0 Å². The maximum Gasteiger partial charge on any atom is 0.193 e. The standard InChI is InChI=1S/C56H50N2O6S2/c1-56(2)34-63-55(64-35-56)54-30-29-53(66-54)52-28-25-46(65-52)33-51-47-26-15-40(57(36-7-17-42(59-3)18-8-36)37-9-19-43(60-4)20-10-37)31-49(47)50-32-41(16-27-48(50)51)58(38-11-21-44(61-5)22-12-38)39-13-23-45(62-6)24-14-39/h7-33,55H,34-35H2,1-6H3. The van der Waals surface area contributed by atoms with Gasteiger partial charge in [0, 0.05) is 54.2 Å². The number of methoxy groups -OCH3 is 4. The minimum atomic E-state index is -0.324. The molecule has 0 unspecified atom stereocenters. The minimum Gasteiger partial charge on any atom is -0.497 e. The van der Waals surface area contributed by atoms with Crippen molar-refractivity contribution in [1.82, 2.24) is 0 Å². The van der Waals surface area contributed by atoms with Crippen molar-refractivity contribution in [2.75, 3.05) is 51.5 Å². The second-order valence-corrected chi connectivity index (χ2v) is 19.2. The van der Waals surface area contributed by atoms with Crippen molar-refractivity contribution in [2.45, 2.75) is 20.1 Å². The van der Waals surface area contributed by atoms with E-state index in [0.29, 0.717) is 13.2 Å². The molecule has 2 aliphatic rings. The number of hydrogen-bond donors (Lipinski definition) is 0. The zero-order chi connectivity index (χ0) is 45.4. The van der Waals surface area contributed by atoms with Crippen molar-refractivity contribution in [2.24, 2.45) is 5.41 Å². The predicted octanol–water partition coefficient (Wildman–Crippen LogP) is 15.1. The first kappa shape index (κ1) is 43.1. The van der Waals surface area contributed by atoms with Crippen LogP contribution >= 0.6 is 22.7 Å². The van der Waals surface area contributed by atoms with Gasteiger partial charge in [0.2, 0.25) is 0 Å². The summed E-state index contributed by atoms with van der Waals surface area (Å²) in [7, 11) is 6.76. The van der Waals surface area contributed by atoms with Gasteiger partial charge in [-0.05, 0) is 179 Å². The number of nitrogens with zero attached hydrogens (tertiary/aromatic N) is 2. The number of anilines is 6. The molecule has 1 saturated heterocycles. The van der Waals surface area contributed by atoms with E-state index < -0.39 is 0 Å². The number of rotatable bonds is 13. The van der Waals surface area contributed by atoms with Crippen LogP contribution in [0.3, 0.4) is 0 Å². The topological polar surface area (TPSA) is 61.9 Å². The lowest BCUT2D eigenvalue weighted by molar-refractivity contribution is -0.224. The van der Waals surface area contributed by atoms with Crippen LogP contribution in [0.5, 0.6) is 23.0 Å². The van der Waals surface area contributed by atoms with Crippen molar-refractivity contribution in [3.63, 3.8) is 0 Å². The average Bonchev–Trinajstić information content (AvgIpc) is 4.11. The Morgan fingerprint density at radius 3 is 1.24 bits per heavy atom. The summed E-state index contributed by atoms with van der Waals surface area (Å²) in [4.78, 5) is 9.23. The number of benzene rings is 6. The van der Waals surface area contributed by atoms with E-state index in [-0.39, 0.29) is 11.7 Å². The molecule has 2 aromatic heterocycles. The fraction of sp³-hybridized carbons (Fsp3) is 0.179. The Morgan fingerprint density at radius 1 is 0.455 bits per heavy atom. The van der Waals surface area contributed by atoms with Crippen molar-refractivity contribution in [1.29, 1.82) is 0 Å². The molecule has 66 heavy (non-hydrogen) atoms. The summed E-state index contributed by atoms with van der Waals surface area (Å²) in [5.74, 6) is 3.18. The summed E-state index contributed by atoms with van der Waals surface area (Å²) in [5, 5.41) is 0. The Hall–Kier alpha value is -6.82. The Morgan fingerprint density at radius 2 is 0.833 bits per heavy atom. The van der Waals surface area contributed by atoms with Crippen LogP contribution in [0.25, 0.3) is 32.5 Å². The molecule has 10 rings (SSSR count). The van der Waals surface area contributed by atoms with Crippen LogP contribution in [0.15, 0.2) is 158 Å². The molecule has 0 atom stereocenters. The zero-order valence-electron chi connectivity index (χ0n) is 37.7. The first-order chi connectivity index (χ1) is 32.2. The fourth-order valence-electron chi connectivity index (χ4n) is 8.55. The highest BCUT2D eigenvalue weighted by Crippen LogP contribution is 2.51. The van der Waals surface area contributed by atoms with Crippen LogP contribution in [0.4, 0.5) is 34.1 Å². The van der Waals surface area contributed by atoms with Gasteiger partial charge >= 0.3 is 0 Å². The summed E-state index contributed by atoms with van der Waals surface area (Å²) in [6.07, 6.45) is 2.02. The highest BCUT2D eigenvalue weighted by Gasteiger charge is 2.31. The Balaban J connectivity index is 1.09. The molecule has 1 aliphatic heterocycles. The van der Waals surface area contributed by atoms with Gasteiger partial charge in [0.15, 0.2) is 6.29 Å². The Labute approximate surface area is 394 Å². The van der Waals surface area contributed by atoms with E-state index in [1.165, 1.54) is 31.3 Å². The Kier molecular flexibility index (Phi) is 11.9. The second-order valence-electron chi connectivity index (χ2n) is 17.0. The third kappa shape index (κ3) is 8.56. The van der Waals surface area contributed by atoms with Gasteiger partial charge in [0.05, 0.1) is 46.5 Å². The molecule has 0 bridgehead atoms. The van der Waals surface area contributed by atoms with E-state index in [1.807, 2.05) is 48.5 Å². The molecule has 3 heterocycles. The summed E-state index contributed by atoms with van der Waals surface area (Å²) < 4.78 is 34.5. The first-order valence-corrected chi connectivity index (χ1v) is 23.4. The maximum absolute atomic E-state index is 6.13. The van der Waals surface area contributed by atoms with Crippen LogP contribution in [-0.2, 0) is 9.47 Å². The molecule has 8 nitrogen and oxygen atoms in total. The summed E-state index contributed by atoms with van der Waals surface area (Å²) >= 11 is 3.53. The number of ether oxygens (including phenoxy) is 6. The normalized spacial score (nSPS) is 14.0. The van der Waals surface area contributed by atoms with Crippen LogP contribution in [-0.4, -0.2) is 41.7 Å². The predicted molar refractivity (Wildman–Crippen MR) is 270 cm³/mol. The van der Waals surface area contributed by atoms with Gasteiger partial charge < -0.3 is 38.2 Å². The monoisotopic (exact) mass is 910 g/mol. The molecule has 1 aliphatic carbocycles. The van der Waals surface area contributed by atoms with Crippen LogP contribution in [0.2, 0.25) is 0 Å². The molecular weight excluding hydrogens is 861 g/mol. The van der Waals surface area contributed by atoms with Crippen molar-refractivity contribution >= 4 is 68.4 Å². The lowest BCUT2D eigenvalue weighted by Crippen LogP contribution is -2.33. The van der Waals surface area contributed by atoms with E-state index in [9.17, 15) is 0 Å². The fourth-order valence-corrected chi connectivity index (χ4v) is 10.6. The Bertz CT molecular complexity index is 2750. The van der Waals surface area contributed by atoms with Gasteiger partial charge in [-0.1, -0.05) is 26.0 Å². The minimum absolute atomic E-state index is 0.0201. The van der Waals surface area contributed by atoms with Crippen LogP contribution in [0.1, 0.15) is 41.0 Å². The number of thiophene rings is 2. The SMILES string of the molecule is COc1ccc(N(c2ccc(OC)cc2)c2ccc3c(c2)-c2cc(N(c4ccc(OC)cc4)c4ccc(OC)cc4)ccc2C3=Cc2ccc(-c3ccc(C4OCC(C)(C)CO4)s3)s2)cc1. The molecule has 332 valence electrons. The maximum atomic E-state index is 6.13. The first-order valence-electron chi connectivity index (χ1n) is 21.8. The van der Waals surface area contributed by atoms with Gasteiger partial charge in [-0.15, -0.1) is 22.7 Å². The number of hydrogen-bond acceptors (Lipinski definition) is 10. The summed E-state index contributed by atoms with van der Waals surface area (Å²) in [5.41, 5.74) is 11.9. The van der Waals surface area contributed by atoms with E-state index in [0.717, 1.165) is 73.1 Å². The molecule has 8 aromatic rings. The molecule has 0 spiro atoms. The third-order valence-electron chi connectivity index (χ3n) is 12.0. The second kappa shape index (κ2) is 18.2. The molecule has 10 heteroatoms. The zero-order valence-corrected chi connectivity index (χ0v) is 39.4. The van der Waals surface area contributed by atoms with E-state index in [4.69, 9.17) is 28.4 Å². The van der Waals surface area contributed by atoms with Crippen molar-refractivity contribution in [3.8, 4) is 43.9 Å². The lowest BCUT2D eigenvalue weighted by atomic mass is 9.96. The van der Waals surface area contributed by atoms with E-state index in [2.05, 4.69) is 139 Å². The van der Waals surface area contributed by atoms with Crippen LogP contribution in [0, 0.1) is 5.41 Å². The highest BCUT2D eigenvalue weighted by atomic mass is 32.1. The summed E-state index contributed by atoms with van der Waals surface area (Å²) in [6.45, 7) is 5.69. The van der Waals surface area contributed by atoms with Gasteiger partial charge in [-0.3, -0.25) is 0 Å². The van der Waals surface area contributed by atoms with Gasteiger partial charge in [-0.2, -0.15) is 0 Å². The molecule has 0 amide bonds. The van der Waals surface area contributed by atoms with Crippen molar-refractivity contribution < 1.29 is 28.4 Å². The molecule has 6 aromatic carbocycles. The number of fused-ring (bicyclic) bond motifs is 3. The highest BCUT2D eigenvalue weighted by molar-refractivity contribution is 7.22. The van der Waals surface area contributed by atoms with Gasteiger partial charge in [0.1, 0.15) is 23.0 Å². The van der Waals surface area contributed by atoms with Gasteiger partial charge in [-0.25, -0.2) is 0 Å². The average molecular weight is 911 g/mol. The molecule has 0 N–H and O–H groups in total. The molecule has 0 saturated carbocycles. The molecule has 0 radical (unpaired) electrons. The van der Waals surface area contributed by atoms with Crippen LogP contribution < -0.4 is 28.7 Å². The lowest BCUT2D eigenvalue weighted by Gasteiger charge is -2.34. The third-order valence-corrected chi connectivity index (χ3v) is 14.3.